The molecule has 0 N–H and O–H groups in total. The second-order valence-electron chi connectivity index (χ2n) is 4.24. The molecule has 0 saturated heterocycles. The Hall–Kier alpha value is -2.01. The summed E-state index contributed by atoms with van der Waals surface area (Å²) in [6, 6.07) is 10.6. The highest BCUT2D eigenvalue weighted by Gasteiger charge is 2.30. The van der Waals surface area contributed by atoms with Crippen molar-refractivity contribution in [2.24, 2.45) is 0 Å². The van der Waals surface area contributed by atoms with Gasteiger partial charge in [-0.3, -0.25) is 4.79 Å². The zero-order chi connectivity index (χ0) is 15.5. The molecule has 0 atom stereocenters. The van der Waals surface area contributed by atoms with Gasteiger partial charge in [-0.15, -0.1) is 0 Å². The highest BCUT2D eigenvalue weighted by Crippen LogP contribution is 2.31. The van der Waals surface area contributed by atoms with Crippen molar-refractivity contribution >= 4 is 17.4 Å². The Morgan fingerprint density at radius 1 is 1.10 bits per heavy atom. The Morgan fingerprint density at radius 3 is 2.38 bits per heavy atom. The third kappa shape index (κ3) is 4.23. The van der Waals surface area contributed by atoms with Gasteiger partial charge >= 0.3 is 6.18 Å². The van der Waals surface area contributed by atoms with Crippen molar-refractivity contribution in [2.75, 3.05) is 6.61 Å². The number of halogens is 4. The number of carbonyl (C=O) groups is 1. The van der Waals surface area contributed by atoms with Gasteiger partial charge in [-0.2, -0.15) is 13.2 Å². The highest BCUT2D eigenvalue weighted by atomic mass is 35.5. The van der Waals surface area contributed by atoms with Crippen molar-refractivity contribution in [1.82, 2.24) is 0 Å². The molecule has 0 saturated carbocycles. The van der Waals surface area contributed by atoms with Crippen LogP contribution in [0.15, 0.2) is 48.5 Å². The molecule has 0 aliphatic rings. The van der Waals surface area contributed by atoms with Crippen LogP contribution in [-0.4, -0.2) is 12.4 Å². The van der Waals surface area contributed by atoms with Gasteiger partial charge in [0.15, 0.2) is 12.4 Å². The smallest absolute Gasteiger partial charge is 0.416 e. The van der Waals surface area contributed by atoms with Crippen LogP contribution in [0.25, 0.3) is 0 Å². The molecule has 2 rings (SSSR count). The Kier molecular flexibility index (Phi) is 4.53. The SMILES string of the molecule is O=C(COc1cccc(C(F)(F)F)c1)c1ccc(Cl)cc1. The summed E-state index contributed by atoms with van der Waals surface area (Å²) in [7, 11) is 0. The number of carbonyl (C=O) groups excluding carboxylic acids is 1. The van der Waals surface area contributed by atoms with E-state index in [1.165, 1.54) is 24.3 Å². The van der Waals surface area contributed by atoms with Gasteiger partial charge in [0.25, 0.3) is 0 Å². The van der Waals surface area contributed by atoms with Crippen molar-refractivity contribution in [2.45, 2.75) is 6.18 Å². The topological polar surface area (TPSA) is 26.3 Å². The van der Waals surface area contributed by atoms with Crippen LogP contribution in [0.5, 0.6) is 5.75 Å². The maximum atomic E-state index is 12.5. The molecule has 0 unspecified atom stereocenters. The Bertz CT molecular complexity index is 636. The van der Waals surface area contributed by atoms with E-state index < -0.39 is 11.7 Å². The van der Waals surface area contributed by atoms with E-state index in [0.717, 1.165) is 12.1 Å². The van der Waals surface area contributed by atoms with Crippen LogP contribution < -0.4 is 4.74 Å². The first-order valence-corrected chi connectivity index (χ1v) is 6.33. The lowest BCUT2D eigenvalue weighted by Gasteiger charge is -2.09. The summed E-state index contributed by atoms with van der Waals surface area (Å²) in [5.74, 6) is -0.351. The first-order valence-electron chi connectivity index (χ1n) is 5.95. The molecular formula is C15H10ClF3O2. The fourth-order valence-electron chi connectivity index (χ4n) is 1.63. The maximum absolute atomic E-state index is 12.5. The van der Waals surface area contributed by atoms with Crippen molar-refractivity contribution in [1.29, 1.82) is 0 Å². The maximum Gasteiger partial charge on any atom is 0.416 e. The van der Waals surface area contributed by atoms with Crippen LogP contribution in [-0.2, 0) is 6.18 Å². The summed E-state index contributed by atoms with van der Waals surface area (Å²) in [5.41, 5.74) is -0.440. The summed E-state index contributed by atoms with van der Waals surface area (Å²) < 4.78 is 42.7. The van der Waals surface area contributed by atoms with Crippen LogP contribution in [0, 0.1) is 0 Å². The van der Waals surface area contributed by atoms with E-state index >= 15 is 0 Å². The minimum Gasteiger partial charge on any atom is -0.485 e. The van der Waals surface area contributed by atoms with Gasteiger partial charge in [-0.25, -0.2) is 0 Å². The van der Waals surface area contributed by atoms with E-state index in [9.17, 15) is 18.0 Å². The lowest BCUT2D eigenvalue weighted by Crippen LogP contribution is -2.12. The molecular weight excluding hydrogens is 305 g/mol. The normalized spacial score (nSPS) is 11.2. The van der Waals surface area contributed by atoms with Gasteiger partial charge < -0.3 is 4.74 Å². The molecule has 2 aromatic carbocycles. The summed E-state index contributed by atoms with van der Waals surface area (Å²) >= 11 is 5.70. The Morgan fingerprint density at radius 2 is 1.76 bits per heavy atom. The molecule has 21 heavy (non-hydrogen) atoms. The Labute approximate surface area is 124 Å². The first-order chi connectivity index (χ1) is 9.86. The molecule has 2 nitrogen and oxygen atoms in total. The number of ketones is 1. The van der Waals surface area contributed by atoms with Gasteiger partial charge in [0.05, 0.1) is 5.56 Å². The predicted molar refractivity (Wildman–Crippen MR) is 72.7 cm³/mol. The van der Waals surface area contributed by atoms with Crippen molar-refractivity contribution in [3.8, 4) is 5.75 Å². The summed E-state index contributed by atoms with van der Waals surface area (Å²) in [5, 5.41) is 0.491. The molecule has 0 aliphatic heterocycles. The number of rotatable bonds is 4. The zero-order valence-electron chi connectivity index (χ0n) is 10.7. The van der Waals surface area contributed by atoms with Crippen LogP contribution in [0.3, 0.4) is 0 Å². The molecule has 0 aromatic heterocycles. The second-order valence-corrected chi connectivity index (χ2v) is 4.68. The Balaban J connectivity index is 2.03. The number of alkyl halides is 3. The van der Waals surface area contributed by atoms with E-state index in [-0.39, 0.29) is 18.1 Å². The molecule has 0 fully saturated rings. The van der Waals surface area contributed by atoms with Gasteiger partial charge in [-0.1, -0.05) is 17.7 Å². The minimum atomic E-state index is -4.44. The molecule has 0 heterocycles. The van der Waals surface area contributed by atoms with Crippen LogP contribution in [0.2, 0.25) is 5.02 Å². The number of benzene rings is 2. The third-order valence-electron chi connectivity index (χ3n) is 2.70. The summed E-state index contributed by atoms with van der Waals surface area (Å²) in [6.07, 6.45) is -4.44. The number of hydrogen-bond donors (Lipinski definition) is 0. The van der Waals surface area contributed by atoms with Gasteiger partial charge in [-0.05, 0) is 42.5 Å². The minimum absolute atomic E-state index is 0.00728. The quantitative estimate of drug-likeness (QED) is 0.770. The standard InChI is InChI=1S/C15H10ClF3O2/c16-12-6-4-10(5-7-12)14(20)9-21-13-3-1-2-11(8-13)15(17,18)19/h1-8H,9H2. The molecule has 0 radical (unpaired) electrons. The van der Waals surface area contributed by atoms with E-state index in [1.807, 2.05) is 0 Å². The second kappa shape index (κ2) is 6.18. The average molecular weight is 315 g/mol. The van der Waals surface area contributed by atoms with Crippen LogP contribution in [0.1, 0.15) is 15.9 Å². The number of hydrogen-bond acceptors (Lipinski definition) is 2. The molecule has 0 spiro atoms. The lowest BCUT2D eigenvalue weighted by atomic mass is 10.1. The van der Waals surface area contributed by atoms with Gasteiger partial charge in [0.2, 0.25) is 0 Å². The molecule has 0 amide bonds. The van der Waals surface area contributed by atoms with E-state index in [0.29, 0.717) is 10.6 Å². The third-order valence-corrected chi connectivity index (χ3v) is 2.95. The lowest BCUT2D eigenvalue weighted by molar-refractivity contribution is -0.137. The van der Waals surface area contributed by atoms with Crippen LogP contribution >= 0.6 is 11.6 Å². The van der Waals surface area contributed by atoms with Gasteiger partial charge in [0, 0.05) is 10.6 Å². The average Bonchev–Trinajstić information content (AvgIpc) is 2.45. The molecule has 0 aliphatic carbocycles. The monoisotopic (exact) mass is 314 g/mol. The van der Waals surface area contributed by atoms with E-state index in [4.69, 9.17) is 16.3 Å². The highest BCUT2D eigenvalue weighted by molar-refractivity contribution is 6.30. The van der Waals surface area contributed by atoms with Crippen molar-refractivity contribution < 1.29 is 22.7 Å². The van der Waals surface area contributed by atoms with E-state index in [2.05, 4.69) is 0 Å². The van der Waals surface area contributed by atoms with Gasteiger partial charge in [0.1, 0.15) is 5.75 Å². The first kappa shape index (κ1) is 15.4. The fraction of sp³-hybridized carbons (Fsp3) is 0.133. The molecule has 2 aromatic rings. The molecule has 6 heteroatoms. The van der Waals surface area contributed by atoms with Crippen LogP contribution in [0.4, 0.5) is 13.2 Å². The zero-order valence-corrected chi connectivity index (χ0v) is 11.4. The number of ether oxygens (including phenoxy) is 1. The predicted octanol–water partition coefficient (Wildman–Crippen LogP) is 4.62. The largest absolute Gasteiger partial charge is 0.485 e. The van der Waals surface area contributed by atoms with Crippen molar-refractivity contribution in [3.05, 3.63) is 64.7 Å². The molecule has 110 valence electrons. The molecule has 0 bridgehead atoms. The summed E-state index contributed by atoms with van der Waals surface area (Å²) in [6.45, 7) is -0.344. The van der Waals surface area contributed by atoms with Crippen molar-refractivity contribution in [3.63, 3.8) is 0 Å². The summed E-state index contributed by atoms with van der Waals surface area (Å²) in [4.78, 5) is 11.8. The van der Waals surface area contributed by atoms with E-state index in [1.54, 1.807) is 12.1 Å². The number of Topliss-reactive ketones (excluding diaryl/α,β-unsaturated/α-hetero) is 1. The fourth-order valence-corrected chi connectivity index (χ4v) is 1.76.